The third-order valence-electron chi connectivity index (χ3n) is 4.39. The molecule has 1 heterocycles. The van der Waals surface area contributed by atoms with Gasteiger partial charge in [0.25, 0.3) is 11.8 Å². The van der Waals surface area contributed by atoms with Crippen molar-refractivity contribution in [2.24, 2.45) is 0 Å². The summed E-state index contributed by atoms with van der Waals surface area (Å²) in [4.78, 5) is 27.5. The molecule has 6 nitrogen and oxygen atoms in total. The smallest absolute Gasteiger partial charge is 0.279 e. The van der Waals surface area contributed by atoms with Crippen molar-refractivity contribution < 1.29 is 19.2 Å². The van der Waals surface area contributed by atoms with Crippen LogP contribution in [0.5, 0.6) is 5.75 Å². The summed E-state index contributed by atoms with van der Waals surface area (Å²) >= 11 is 0. The Kier molecular flexibility index (Phi) is 7.06. The Bertz CT molecular complexity index is 539. The quantitative estimate of drug-likeness (QED) is 0.765. The van der Waals surface area contributed by atoms with Crippen LogP contribution in [0, 0.1) is 0 Å². The molecule has 1 aliphatic heterocycles. The highest BCUT2D eigenvalue weighted by Crippen LogP contribution is 2.14. The van der Waals surface area contributed by atoms with Crippen LogP contribution in [-0.4, -0.2) is 56.5 Å². The van der Waals surface area contributed by atoms with Crippen LogP contribution in [0.25, 0.3) is 0 Å². The summed E-state index contributed by atoms with van der Waals surface area (Å²) in [6.45, 7) is 5.13. The van der Waals surface area contributed by atoms with E-state index in [4.69, 9.17) is 4.74 Å². The highest BCUT2D eigenvalue weighted by atomic mass is 16.5. The normalized spacial score (nSPS) is 15.7. The van der Waals surface area contributed by atoms with Crippen LogP contribution in [0.15, 0.2) is 24.3 Å². The zero-order chi connectivity index (χ0) is 17.4. The van der Waals surface area contributed by atoms with Crippen molar-refractivity contribution in [3.8, 4) is 5.75 Å². The molecule has 1 aromatic rings. The fourth-order valence-electron chi connectivity index (χ4n) is 2.89. The van der Waals surface area contributed by atoms with Gasteiger partial charge in [-0.25, -0.2) is 0 Å². The predicted molar refractivity (Wildman–Crippen MR) is 93.3 cm³/mol. The monoisotopic (exact) mass is 334 g/mol. The SMILES string of the molecule is CC[NH+](CC(=O)Nc1ccc(OC)cc1)CC(=O)N1CCCCC1. The Morgan fingerprint density at radius 1 is 1.12 bits per heavy atom. The molecule has 0 bridgehead atoms. The summed E-state index contributed by atoms with van der Waals surface area (Å²) in [7, 11) is 1.61. The summed E-state index contributed by atoms with van der Waals surface area (Å²) in [5.41, 5.74) is 0.735. The number of carbonyl (C=O) groups is 2. The van der Waals surface area contributed by atoms with E-state index >= 15 is 0 Å². The molecular weight excluding hydrogens is 306 g/mol. The lowest BCUT2D eigenvalue weighted by molar-refractivity contribution is -0.882. The largest absolute Gasteiger partial charge is 0.497 e. The molecule has 1 atom stereocenters. The van der Waals surface area contributed by atoms with Crippen molar-refractivity contribution in [1.82, 2.24) is 4.90 Å². The van der Waals surface area contributed by atoms with E-state index in [-0.39, 0.29) is 11.8 Å². The van der Waals surface area contributed by atoms with Gasteiger partial charge in [-0.1, -0.05) is 0 Å². The van der Waals surface area contributed by atoms with Gasteiger partial charge in [-0.15, -0.1) is 0 Å². The molecule has 6 heteroatoms. The second-order valence-corrected chi connectivity index (χ2v) is 6.18. The van der Waals surface area contributed by atoms with Crippen molar-refractivity contribution in [2.45, 2.75) is 26.2 Å². The van der Waals surface area contributed by atoms with Gasteiger partial charge < -0.3 is 19.9 Å². The first-order chi connectivity index (χ1) is 11.6. The van der Waals surface area contributed by atoms with E-state index in [0.29, 0.717) is 13.1 Å². The number of methoxy groups -OCH3 is 1. The van der Waals surface area contributed by atoms with Crippen LogP contribution >= 0.6 is 0 Å². The van der Waals surface area contributed by atoms with E-state index in [9.17, 15) is 9.59 Å². The highest BCUT2D eigenvalue weighted by molar-refractivity contribution is 5.91. The Labute approximate surface area is 143 Å². The molecule has 1 aliphatic rings. The van der Waals surface area contributed by atoms with Gasteiger partial charge >= 0.3 is 0 Å². The first-order valence-electron chi connectivity index (χ1n) is 8.67. The first kappa shape index (κ1) is 18.3. The average molecular weight is 334 g/mol. The Hall–Kier alpha value is -2.08. The van der Waals surface area contributed by atoms with Gasteiger partial charge in [-0.2, -0.15) is 0 Å². The molecule has 1 saturated heterocycles. The Morgan fingerprint density at radius 3 is 2.38 bits per heavy atom. The van der Waals surface area contributed by atoms with Crippen LogP contribution in [0.2, 0.25) is 0 Å². The Balaban J connectivity index is 1.81. The zero-order valence-corrected chi connectivity index (χ0v) is 14.6. The number of carbonyl (C=O) groups excluding carboxylic acids is 2. The lowest BCUT2D eigenvalue weighted by Gasteiger charge is -2.28. The summed E-state index contributed by atoms with van der Waals surface area (Å²) in [6.07, 6.45) is 3.38. The molecule has 0 radical (unpaired) electrons. The average Bonchev–Trinajstić information content (AvgIpc) is 2.62. The molecule has 0 saturated carbocycles. The molecular formula is C18H28N3O3+. The van der Waals surface area contributed by atoms with Crippen molar-refractivity contribution in [1.29, 1.82) is 0 Å². The first-order valence-corrected chi connectivity index (χ1v) is 8.67. The van der Waals surface area contributed by atoms with Crippen molar-refractivity contribution in [3.63, 3.8) is 0 Å². The van der Waals surface area contributed by atoms with E-state index in [1.54, 1.807) is 31.4 Å². The number of likely N-dealkylation sites (N-methyl/N-ethyl adjacent to an activating group) is 1. The number of nitrogens with one attached hydrogen (secondary N) is 2. The van der Waals surface area contributed by atoms with Crippen LogP contribution in [0.3, 0.4) is 0 Å². The summed E-state index contributed by atoms with van der Waals surface area (Å²) in [6, 6.07) is 7.22. The number of hydrogen-bond acceptors (Lipinski definition) is 3. The third kappa shape index (κ3) is 5.53. The fourth-order valence-corrected chi connectivity index (χ4v) is 2.89. The summed E-state index contributed by atoms with van der Waals surface area (Å²) in [5, 5.41) is 2.87. The van der Waals surface area contributed by atoms with E-state index in [1.165, 1.54) is 6.42 Å². The molecule has 1 fully saturated rings. The number of quaternary nitrogens is 1. The zero-order valence-electron chi connectivity index (χ0n) is 14.6. The molecule has 0 aliphatic carbocycles. The van der Waals surface area contributed by atoms with Gasteiger partial charge in [0.2, 0.25) is 0 Å². The number of anilines is 1. The molecule has 1 unspecified atom stereocenters. The molecule has 132 valence electrons. The van der Waals surface area contributed by atoms with Gasteiger partial charge in [0.05, 0.1) is 13.7 Å². The standard InChI is InChI=1S/C18H27N3O3/c1-3-20(14-18(23)21-11-5-4-6-12-21)13-17(22)19-15-7-9-16(24-2)10-8-15/h7-10H,3-6,11-14H2,1-2H3,(H,19,22)/p+1. The highest BCUT2D eigenvalue weighted by Gasteiger charge is 2.22. The molecule has 2 amide bonds. The van der Waals surface area contributed by atoms with Crippen molar-refractivity contribution in [3.05, 3.63) is 24.3 Å². The lowest BCUT2D eigenvalue weighted by atomic mass is 10.1. The molecule has 1 aromatic carbocycles. The van der Waals surface area contributed by atoms with Crippen LogP contribution < -0.4 is 15.0 Å². The number of amides is 2. The number of hydrogen-bond donors (Lipinski definition) is 2. The topological polar surface area (TPSA) is 63.1 Å². The summed E-state index contributed by atoms with van der Waals surface area (Å²) < 4.78 is 5.10. The maximum atomic E-state index is 12.3. The van der Waals surface area contributed by atoms with Gasteiger partial charge in [-0.3, -0.25) is 9.59 Å². The van der Waals surface area contributed by atoms with Crippen molar-refractivity contribution >= 4 is 17.5 Å². The van der Waals surface area contributed by atoms with Gasteiger partial charge in [0, 0.05) is 18.8 Å². The number of benzene rings is 1. The number of likely N-dealkylation sites (tertiary alicyclic amines) is 1. The van der Waals surface area contributed by atoms with E-state index in [0.717, 1.165) is 48.8 Å². The van der Waals surface area contributed by atoms with Crippen LogP contribution in [-0.2, 0) is 9.59 Å². The predicted octanol–water partition coefficient (Wildman–Crippen LogP) is 0.551. The van der Waals surface area contributed by atoms with E-state index in [1.807, 2.05) is 11.8 Å². The Morgan fingerprint density at radius 2 is 1.79 bits per heavy atom. The minimum atomic E-state index is -0.0801. The van der Waals surface area contributed by atoms with Crippen LogP contribution in [0.1, 0.15) is 26.2 Å². The van der Waals surface area contributed by atoms with Gasteiger partial charge in [-0.05, 0) is 50.5 Å². The fraction of sp³-hybridized carbons (Fsp3) is 0.556. The van der Waals surface area contributed by atoms with Gasteiger partial charge in [0.1, 0.15) is 5.75 Å². The van der Waals surface area contributed by atoms with Crippen molar-refractivity contribution in [2.75, 3.05) is 45.2 Å². The number of nitrogens with zero attached hydrogens (tertiary/aromatic N) is 1. The lowest BCUT2D eigenvalue weighted by Crippen LogP contribution is -3.14. The molecule has 24 heavy (non-hydrogen) atoms. The maximum Gasteiger partial charge on any atom is 0.279 e. The molecule has 2 rings (SSSR count). The molecule has 0 spiro atoms. The van der Waals surface area contributed by atoms with E-state index < -0.39 is 0 Å². The van der Waals surface area contributed by atoms with Crippen LogP contribution in [0.4, 0.5) is 5.69 Å². The molecule has 2 N–H and O–H groups in total. The third-order valence-corrected chi connectivity index (χ3v) is 4.39. The molecule has 0 aromatic heterocycles. The second kappa shape index (κ2) is 9.27. The minimum Gasteiger partial charge on any atom is -0.497 e. The number of rotatable bonds is 7. The minimum absolute atomic E-state index is 0.0801. The second-order valence-electron chi connectivity index (χ2n) is 6.18. The van der Waals surface area contributed by atoms with Gasteiger partial charge in [0.15, 0.2) is 13.1 Å². The maximum absolute atomic E-state index is 12.3. The number of piperidine rings is 1. The summed E-state index contributed by atoms with van der Waals surface area (Å²) in [5.74, 6) is 0.827. The number of ether oxygens (including phenoxy) is 1. The van der Waals surface area contributed by atoms with E-state index in [2.05, 4.69) is 5.32 Å².